The minimum absolute atomic E-state index is 0.810. The summed E-state index contributed by atoms with van der Waals surface area (Å²) >= 11 is 0. The largest absolute Gasteiger partial charge is 0.385 e. The van der Waals surface area contributed by atoms with E-state index in [1.165, 1.54) is 70.6 Å². The number of rotatable bonds is 4. The molecule has 0 heterocycles. The van der Waals surface area contributed by atoms with Gasteiger partial charge in [-0.1, -0.05) is 50.7 Å². The van der Waals surface area contributed by atoms with Gasteiger partial charge in [-0.2, -0.15) is 0 Å². The Morgan fingerprint density at radius 1 is 1.00 bits per heavy atom. The summed E-state index contributed by atoms with van der Waals surface area (Å²) in [4.78, 5) is 0. The van der Waals surface area contributed by atoms with Gasteiger partial charge in [0.05, 0.1) is 0 Å². The Balaban J connectivity index is 2.27. The molecule has 1 aliphatic carbocycles. The minimum Gasteiger partial charge on any atom is -0.385 e. The van der Waals surface area contributed by atoms with Crippen LogP contribution in [0.4, 0.5) is 0 Å². The van der Waals surface area contributed by atoms with Crippen molar-refractivity contribution in [3.8, 4) is 0 Å². The Labute approximate surface area is 108 Å². The number of hydrogen-bond acceptors (Lipinski definition) is 1. The molecule has 0 saturated heterocycles. The molecule has 0 radical (unpaired) electrons. The van der Waals surface area contributed by atoms with Crippen LogP contribution in [0.15, 0.2) is 12.2 Å². The molecule has 1 aliphatic rings. The van der Waals surface area contributed by atoms with Gasteiger partial charge < -0.3 is 4.74 Å². The van der Waals surface area contributed by atoms with E-state index in [0.717, 1.165) is 12.5 Å². The first kappa shape index (κ1) is 14.8. The lowest BCUT2D eigenvalue weighted by molar-refractivity contribution is 0.188. The van der Waals surface area contributed by atoms with Gasteiger partial charge in [0.2, 0.25) is 0 Å². The van der Waals surface area contributed by atoms with Crippen LogP contribution < -0.4 is 0 Å². The molecule has 0 N–H and O–H groups in total. The van der Waals surface area contributed by atoms with Gasteiger partial charge in [-0.3, -0.25) is 0 Å². The first-order valence-electron chi connectivity index (χ1n) is 7.59. The second-order valence-corrected chi connectivity index (χ2v) is 5.38. The van der Waals surface area contributed by atoms with E-state index in [-0.39, 0.29) is 0 Å². The van der Waals surface area contributed by atoms with E-state index in [2.05, 4.69) is 12.2 Å². The topological polar surface area (TPSA) is 9.23 Å². The molecule has 0 aliphatic heterocycles. The zero-order valence-corrected chi connectivity index (χ0v) is 11.6. The Hall–Kier alpha value is -0.300. The second kappa shape index (κ2) is 10.8. The molecule has 1 atom stereocenters. The van der Waals surface area contributed by atoms with Gasteiger partial charge in [-0.05, 0) is 38.0 Å². The highest BCUT2D eigenvalue weighted by Gasteiger charge is 2.05. The molecule has 1 rings (SSSR count). The normalized spacial score (nSPS) is 25.8. The van der Waals surface area contributed by atoms with E-state index in [4.69, 9.17) is 4.74 Å². The molecule has 0 amide bonds. The molecule has 1 unspecified atom stereocenters. The number of methoxy groups -OCH3 is 1. The van der Waals surface area contributed by atoms with Gasteiger partial charge in [0.1, 0.15) is 0 Å². The third-order valence-electron chi connectivity index (χ3n) is 3.78. The summed E-state index contributed by atoms with van der Waals surface area (Å²) in [5.74, 6) is 0.810. The molecular weight excluding hydrogens is 208 g/mol. The molecule has 1 nitrogen and oxygen atoms in total. The molecule has 0 aromatic carbocycles. The van der Waals surface area contributed by atoms with Gasteiger partial charge >= 0.3 is 0 Å². The maximum atomic E-state index is 5.15. The lowest BCUT2D eigenvalue weighted by Gasteiger charge is -2.13. The van der Waals surface area contributed by atoms with Gasteiger partial charge in [0.15, 0.2) is 0 Å². The molecule has 0 saturated carbocycles. The molecule has 0 spiro atoms. The van der Waals surface area contributed by atoms with Crippen molar-refractivity contribution in [1.82, 2.24) is 0 Å². The highest BCUT2D eigenvalue weighted by atomic mass is 16.5. The van der Waals surface area contributed by atoms with E-state index in [0.29, 0.717) is 0 Å². The fourth-order valence-corrected chi connectivity index (χ4v) is 2.67. The Kier molecular flexibility index (Phi) is 9.40. The quantitative estimate of drug-likeness (QED) is 0.488. The first-order valence-corrected chi connectivity index (χ1v) is 7.59. The maximum Gasteiger partial charge on any atom is 0.0462 e. The summed E-state index contributed by atoms with van der Waals surface area (Å²) in [7, 11) is 1.80. The standard InChI is InChI=1S/C16H30O/c1-17-15-11-14-16-12-9-7-5-3-2-4-6-8-10-13-16/h9,12,16H,2-8,10-11,13-15H2,1H3/b12-9+. The SMILES string of the molecule is COCCCC1/C=C/CCCCCCCCC1. The van der Waals surface area contributed by atoms with E-state index >= 15 is 0 Å². The predicted molar refractivity (Wildman–Crippen MR) is 75.3 cm³/mol. The first-order chi connectivity index (χ1) is 8.43. The minimum atomic E-state index is 0.810. The van der Waals surface area contributed by atoms with Crippen LogP contribution in [0.3, 0.4) is 0 Å². The van der Waals surface area contributed by atoms with E-state index < -0.39 is 0 Å². The van der Waals surface area contributed by atoms with E-state index in [1.807, 2.05) is 0 Å². The Bertz CT molecular complexity index is 186. The highest BCUT2D eigenvalue weighted by Crippen LogP contribution is 2.20. The molecule has 1 heteroatoms. The van der Waals surface area contributed by atoms with Gasteiger partial charge in [0.25, 0.3) is 0 Å². The molecular formula is C16H30O. The zero-order valence-electron chi connectivity index (χ0n) is 11.6. The monoisotopic (exact) mass is 238 g/mol. The van der Waals surface area contributed by atoms with Crippen LogP contribution in [0.1, 0.15) is 70.6 Å². The summed E-state index contributed by atoms with van der Waals surface area (Å²) in [5.41, 5.74) is 0. The van der Waals surface area contributed by atoms with Crippen molar-refractivity contribution in [3.63, 3.8) is 0 Å². The van der Waals surface area contributed by atoms with Crippen LogP contribution in [-0.4, -0.2) is 13.7 Å². The number of hydrogen-bond donors (Lipinski definition) is 0. The smallest absolute Gasteiger partial charge is 0.0462 e. The summed E-state index contributed by atoms with van der Waals surface area (Å²) in [6, 6.07) is 0. The van der Waals surface area contributed by atoms with Crippen LogP contribution in [0.25, 0.3) is 0 Å². The summed E-state index contributed by atoms with van der Waals surface area (Å²) in [5, 5.41) is 0. The van der Waals surface area contributed by atoms with Crippen LogP contribution in [-0.2, 0) is 4.74 Å². The van der Waals surface area contributed by atoms with Crippen molar-refractivity contribution in [2.24, 2.45) is 5.92 Å². The van der Waals surface area contributed by atoms with E-state index in [9.17, 15) is 0 Å². The molecule has 0 fully saturated rings. The Morgan fingerprint density at radius 2 is 1.71 bits per heavy atom. The zero-order chi connectivity index (χ0) is 12.2. The van der Waals surface area contributed by atoms with Gasteiger partial charge in [-0.15, -0.1) is 0 Å². The van der Waals surface area contributed by atoms with Crippen LogP contribution >= 0.6 is 0 Å². The number of ether oxygens (including phenoxy) is 1. The van der Waals surface area contributed by atoms with Crippen molar-refractivity contribution in [2.75, 3.05) is 13.7 Å². The number of allylic oxidation sites excluding steroid dienone is 2. The average Bonchev–Trinajstić information content (AvgIpc) is 2.32. The molecule has 0 aromatic heterocycles. The molecule has 17 heavy (non-hydrogen) atoms. The van der Waals surface area contributed by atoms with Crippen LogP contribution in [0.5, 0.6) is 0 Å². The third kappa shape index (κ3) is 8.43. The fraction of sp³-hybridized carbons (Fsp3) is 0.875. The van der Waals surface area contributed by atoms with Crippen molar-refractivity contribution in [1.29, 1.82) is 0 Å². The fourth-order valence-electron chi connectivity index (χ4n) is 2.67. The highest BCUT2D eigenvalue weighted by molar-refractivity contribution is 4.88. The van der Waals surface area contributed by atoms with Gasteiger partial charge in [-0.25, -0.2) is 0 Å². The van der Waals surface area contributed by atoms with Crippen molar-refractivity contribution in [2.45, 2.75) is 70.6 Å². The lowest BCUT2D eigenvalue weighted by Crippen LogP contribution is -2.00. The molecule has 0 bridgehead atoms. The van der Waals surface area contributed by atoms with Crippen molar-refractivity contribution in [3.05, 3.63) is 12.2 Å². The molecule has 100 valence electrons. The summed E-state index contributed by atoms with van der Waals surface area (Å²) < 4.78 is 5.15. The lowest BCUT2D eigenvalue weighted by atomic mass is 9.94. The maximum absolute atomic E-state index is 5.15. The molecule has 0 aromatic rings. The summed E-state index contributed by atoms with van der Waals surface area (Å²) in [6.07, 6.45) is 20.2. The van der Waals surface area contributed by atoms with Crippen LogP contribution in [0, 0.1) is 5.92 Å². The predicted octanol–water partition coefficient (Wildman–Crippen LogP) is 5.11. The van der Waals surface area contributed by atoms with Crippen LogP contribution in [0.2, 0.25) is 0 Å². The summed E-state index contributed by atoms with van der Waals surface area (Å²) in [6.45, 7) is 0.921. The van der Waals surface area contributed by atoms with Crippen molar-refractivity contribution >= 4 is 0 Å². The third-order valence-corrected chi connectivity index (χ3v) is 3.78. The van der Waals surface area contributed by atoms with Crippen molar-refractivity contribution < 1.29 is 4.74 Å². The second-order valence-electron chi connectivity index (χ2n) is 5.38. The Morgan fingerprint density at radius 3 is 2.47 bits per heavy atom. The van der Waals surface area contributed by atoms with Gasteiger partial charge in [0, 0.05) is 13.7 Å². The van der Waals surface area contributed by atoms with E-state index in [1.54, 1.807) is 7.11 Å². The average molecular weight is 238 g/mol.